The summed E-state index contributed by atoms with van der Waals surface area (Å²) in [6.07, 6.45) is -1.85. The van der Waals surface area contributed by atoms with E-state index >= 15 is 0 Å². The van der Waals surface area contributed by atoms with Gasteiger partial charge in [0, 0.05) is 12.5 Å². The molecule has 1 heterocycles. The first kappa shape index (κ1) is 16.2. The molecule has 0 spiro atoms. The third kappa shape index (κ3) is 3.32. The standard InChI is InChI=1S/C16H17ClF2N2O2/c17-12-4-2-1-3-11(12)15(22)20-14-8-21(7-13(14)19)16(23)9-5-10(18)6-9/h1-4,9-10,13-14H,5-8H2,(H,20,22)/t9?,10?,13-,14+/m0/s1. The van der Waals surface area contributed by atoms with Gasteiger partial charge in [-0.2, -0.15) is 0 Å². The Morgan fingerprint density at radius 3 is 2.52 bits per heavy atom. The molecule has 0 unspecified atom stereocenters. The van der Waals surface area contributed by atoms with Crippen LogP contribution < -0.4 is 5.32 Å². The molecule has 1 aromatic carbocycles. The van der Waals surface area contributed by atoms with Gasteiger partial charge in [0.2, 0.25) is 5.91 Å². The average Bonchev–Trinajstić information content (AvgIpc) is 2.85. The number of hydrogen-bond donors (Lipinski definition) is 1. The maximum atomic E-state index is 14.1. The minimum Gasteiger partial charge on any atom is -0.344 e. The van der Waals surface area contributed by atoms with Crippen molar-refractivity contribution in [2.75, 3.05) is 13.1 Å². The maximum Gasteiger partial charge on any atom is 0.253 e. The van der Waals surface area contributed by atoms with Gasteiger partial charge in [-0.25, -0.2) is 8.78 Å². The minimum atomic E-state index is -1.34. The molecule has 2 atom stereocenters. The topological polar surface area (TPSA) is 49.4 Å². The molecule has 4 nitrogen and oxygen atoms in total. The van der Waals surface area contributed by atoms with E-state index in [1.807, 2.05) is 0 Å². The number of rotatable bonds is 3. The lowest BCUT2D eigenvalue weighted by atomic mass is 9.82. The lowest BCUT2D eigenvalue weighted by Crippen LogP contribution is -2.44. The molecule has 1 aliphatic heterocycles. The molecule has 2 aliphatic rings. The molecule has 1 aromatic rings. The number of amides is 2. The van der Waals surface area contributed by atoms with Crippen LogP contribution in [-0.4, -0.2) is 48.2 Å². The van der Waals surface area contributed by atoms with Crippen molar-refractivity contribution in [1.82, 2.24) is 10.2 Å². The van der Waals surface area contributed by atoms with E-state index in [-0.39, 0.29) is 48.3 Å². The summed E-state index contributed by atoms with van der Waals surface area (Å²) >= 11 is 5.95. The Morgan fingerprint density at radius 2 is 1.87 bits per heavy atom. The smallest absolute Gasteiger partial charge is 0.253 e. The van der Waals surface area contributed by atoms with Crippen LogP contribution in [0.4, 0.5) is 8.78 Å². The summed E-state index contributed by atoms with van der Waals surface area (Å²) in [6.45, 7) is 0.0312. The molecule has 0 radical (unpaired) electrons. The van der Waals surface area contributed by atoms with Gasteiger partial charge in [0.15, 0.2) is 0 Å². The largest absolute Gasteiger partial charge is 0.344 e. The Kier molecular flexibility index (Phi) is 4.53. The van der Waals surface area contributed by atoms with E-state index in [4.69, 9.17) is 11.6 Å². The summed E-state index contributed by atoms with van der Waals surface area (Å²) in [6, 6.07) is 5.73. The van der Waals surface area contributed by atoms with Crippen molar-refractivity contribution < 1.29 is 18.4 Å². The van der Waals surface area contributed by atoms with Crippen LogP contribution in [0.1, 0.15) is 23.2 Å². The van der Waals surface area contributed by atoms with Crippen LogP contribution in [0.5, 0.6) is 0 Å². The highest BCUT2D eigenvalue weighted by atomic mass is 35.5. The van der Waals surface area contributed by atoms with Crippen LogP contribution in [0.2, 0.25) is 5.02 Å². The predicted octanol–water partition coefficient (Wildman–Crippen LogP) is 2.37. The van der Waals surface area contributed by atoms with Gasteiger partial charge in [-0.3, -0.25) is 9.59 Å². The average molecular weight is 343 g/mol. The van der Waals surface area contributed by atoms with Crippen molar-refractivity contribution in [1.29, 1.82) is 0 Å². The Labute approximate surface area is 137 Å². The first-order chi connectivity index (χ1) is 11.0. The summed E-state index contributed by atoms with van der Waals surface area (Å²) in [5.41, 5.74) is 0.269. The fraction of sp³-hybridized carbons (Fsp3) is 0.500. The highest BCUT2D eigenvalue weighted by Gasteiger charge is 2.42. The molecule has 3 rings (SSSR count). The molecular weight excluding hydrogens is 326 g/mol. The molecule has 1 saturated heterocycles. The number of alkyl halides is 2. The number of hydrogen-bond acceptors (Lipinski definition) is 2. The summed E-state index contributed by atoms with van der Waals surface area (Å²) in [5, 5.41) is 2.87. The first-order valence-electron chi connectivity index (χ1n) is 7.58. The summed E-state index contributed by atoms with van der Waals surface area (Å²) < 4.78 is 27.0. The van der Waals surface area contributed by atoms with Gasteiger partial charge in [0.1, 0.15) is 12.3 Å². The quantitative estimate of drug-likeness (QED) is 0.916. The summed E-state index contributed by atoms with van der Waals surface area (Å²) in [4.78, 5) is 25.7. The first-order valence-corrected chi connectivity index (χ1v) is 7.96. The number of nitrogens with zero attached hydrogens (tertiary/aromatic N) is 1. The Bertz CT molecular complexity index is 622. The van der Waals surface area contributed by atoms with E-state index in [9.17, 15) is 18.4 Å². The van der Waals surface area contributed by atoms with Gasteiger partial charge in [0.05, 0.1) is 23.2 Å². The number of nitrogens with one attached hydrogen (secondary N) is 1. The molecule has 0 bridgehead atoms. The molecule has 1 saturated carbocycles. The second-order valence-electron chi connectivity index (χ2n) is 6.08. The van der Waals surface area contributed by atoms with E-state index in [1.165, 1.54) is 4.90 Å². The van der Waals surface area contributed by atoms with E-state index in [0.29, 0.717) is 0 Å². The van der Waals surface area contributed by atoms with Gasteiger partial charge >= 0.3 is 0 Å². The zero-order valence-corrected chi connectivity index (χ0v) is 13.1. The molecule has 2 amide bonds. The lowest BCUT2D eigenvalue weighted by molar-refractivity contribution is -0.139. The Hall–Kier alpha value is -1.69. The lowest BCUT2D eigenvalue weighted by Gasteiger charge is -2.31. The highest BCUT2D eigenvalue weighted by Crippen LogP contribution is 2.32. The number of benzene rings is 1. The molecule has 23 heavy (non-hydrogen) atoms. The molecule has 2 fully saturated rings. The fourth-order valence-corrected chi connectivity index (χ4v) is 3.20. The van der Waals surface area contributed by atoms with E-state index in [2.05, 4.69) is 5.32 Å². The second kappa shape index (κ2) is 6.43. The van der Waals surface area contributed by atoms with Crippen molar-refractivity contribution in [3.63, 3.8) is 0 Å². The monoisotopic (exact) mass is 342 g/mol. The second-order valence-corrected chi connectivity index (χ2v) is 6.49. The van der Waals surface area contributed by atoms with E-state index in [1.54, 1.807) is 24.3 Å². The zero-order chi connectivity index (χ0) is 16.6. The van der Waals surface area contributed by atoms with Crippen LogP contribution in [0.25, 0.3) is 0 Å². The number of likely N-dealkylation sites (tertiary alicyclic amines) is 1. The van der Waals surface area contributed by atoms with Gasteiger partial charge in [-0.15, -0.1) is 0 Å². The highest BCUT2D eigenvalue weighted by molar-refractivity contribution is 6.33. The van der Waals surface area contributed by atoms with Crippen LogP contribution in [0.15, 0.2) is 24.3 Å². The molecule has 124 valence electrons. The third-order valence-electron chi connectivity index (χ3n) is 4.42. The zero-order valence-electron chi connectivity index (χ0n) is 12.3. The number of carbonyl (C=O) groups excluding carboxylic acids is 2. The van der Waals surface area contributed by atoms with Crippen LogP contribution in [0, 0.1) is 5.92 Å². The summed E-state index contributed by atoms with van der Waals surface area (Å²) in [5.74, 6) is -1.05. The Balaban J connectivity index is 1.60. The van der Waals surface area contributed by atoms with Crippen LogP contribution in [0.3, 0.4) is 0 Å². The normalized spacial score (nSPS) is 30.0. The van der Waals surface area contributed by atoms with Crippen LogP contribution in [-0.2, 0) is 4.79 Å². The predicted molar refractivity (Wildman–Crippen MR) is 81.8 cm³/mol. The minimum absolute atomic E-state index is 0.0697. The van der Waals surface area contributed by atoms with Gasteiger partial charge < -0.3 is 10.2 Å². The van der Waals surface area contributed by atoms with Gasteiger partial charge in [0.25, 0.3) is 5.91 Å². The molecule has 0 aromatic heterocycles. The summed E-state index contributed by atoms with van der Waals surface area (Å²) in [7, 11) is 0. The number of halogens is 3. The fourth-order valence-electron chi connectivity index (χ4n) is 2.98. The van der Waals surface area contributed by atoms with Crippen molar-refractivity contribution in [2.24, 2.45) is 5.92 Å². The van der Waals surface area contributed by atoms with E-state index in [0.717, 1.165) is 0 Å². The van der Waals surface area contributed by atoms with E-state index < -0.39 is 24.3 Å². The van der Waals surface area contributed by atoms with Crippen molar-refractivity contribution >= 4 is 23.4 Å². The van der Waals surface area contributed by atoms with Crippen molar-refractivity contribution in [3.8, 4) is 0 Å². The SMILES string of the molecule is O=C(N[C@@H]1CN(C(=O)C2CC(F)C2)C[C@@H]1F)c1ccccc1Cl. The van der Waals surface area contributed by atoms with Gasteiger partial charge in [-0.05, 0) is 25.0 Å². The van der Waals surface area contributed by atoms with Crippen molar-refractivity contribution in [3.05, 3.63) is 34.9 Å². The molecule has 1 N–H and O–H groups in total. The van der Waals surface area contributed by atoms with Crippen LogP contribution >= 0.6 is 11.6 Å². The molecule has 1 aliphatic carbocycles. The molecule has 7 heteroatoms. The maximum absolute atomic E-state index is 14.1. The number of carbonyl (C=O) groups is 2. The molecular formula is C16H17ClF2N2O2. The van der Waals surface area contributed by atoms with Crippen molar-refractivity contribution in [2.45, 2.75) is 31.2 Å². The third-order valence-corrected chi connectivity index (χ3v) is 4.75. The Morgan fingerprint density at radius 1 is 1.17 bits per heavy atom. The van der Waals surface area contributed by atoms with Gasteiger partial charge in [-0.1, -0.05) is 23.7 Å².